The van der Waals surface area contributed by atoms with Crippen LogP contribution in [-0.2, 0) is 0 Å². The molecule has 7 heteroatoms. The Kier molecular flexibility index (Phi) is 3.06. The Labute approximate surface area is 113 Å². The van der Waals surface area contributed by atoms with Crippen LogP contribution in [-0.4, -0.2) is 19.9 Å². The van der Waals surface area contributed by atoms with Gasteiger partial charge in [-0.05, 0) is 42.4 Å². The molecule has 0 aliphatic heterocycles. The van der Waals surface area contributed by atoms with E-state index >= 15 is 0 Å². The van der Waals surface area contributed by atoms with Crippen molar-refractivity contribution in [3.8, 4) is 0 Å². The molecule has 0 aliphatic rings. The first-order chi connectivity index (χ1) is 9.24. The van der Waals surface area contributed by atoms with Gasteiger partial charge in [-0.1, -0.05) is 6.07 Å². The van der Waals surface area contributed by atoms with E-state index in [1.807, 2.05) is 18.2 Å². The van der Waals surface area contributed by atoms with Gasteiger partial charge in [-0.25, -0.2) is 20.8 Å². The van der Waals surface area contributed by atoms with Gasteiger partial charge in [-0.15, -0.1) is 0 Å². The topological polar surface area (TPSA) is 92.5 Å². The summed E-state index contributed by atoms with van der Waals surface area (Å²) < 4.78 is 0. The Morgan fingerprint density at radius 3 is 3.00 bits per heavy atom. The molecule has 0 aliphatic carbocycles. The molecule has 0 spiro atoms. The summed E-state index contributed by atoms with van der Waals surface area (Å²) in [6.07, 6.45) is 1.65. The molecule has 2 aromatic heterocycles. The smallest absolute Gasteiger partial charge is 0.238 e. The maximum absolute atomic E-state index is 5.28. The van der Waals surface area contributed by atoms with Gasteiger partial charge in [0.05, 0.1) is 11.0 Å². The zero-order valence-corrected chi connectivity index (χ0v) is 11.0. The van der Waals surface area contributed by atoms with Crippen LogP contribution < -0.4 is 11.3 Å². The number of nitrogens with zero attached hydrogens (tertiary/aromatic N) is 3. The van der Waals surface area contributed by atoms with Crippen molar-refractivity contribution in [3.05, 3.63) is 36.0 Å². The predicted molar refractivity (Wildman–Crippen MR) is 74.8 cm³/mol. The van der Waals surface area contributed by atoms with E-state index in [1.54, 1.807) is 6.20 Å². The summed E-state index contributed by atoms with van der Waals surface area (Å²) in [5.74, 6) is 5.67. The number of aromatic nitrogens is 4. The molecule has 3 rings (SSSR count). The molecule has 0 saturated carbocycles. The van der Waals surface area contributed by atoms with Gasteiger partial charge >= 0.3 is 0 Å². The predicted octanol–water partition coefficient (Wildman–Crippen LogP) is 2.10. The fourth-order valence-corrected chi connectivity index (χ4v) is 2.48. The highest BCUT2D eigenvalue weighted by molar-refractivity contribution is 7.99. The van der Waals surface area contributed by atoms with Gasteiger partial charge in [-0.3, -0.25) is 5.43 Å². The van der Waals surface area contributed by atoms with Gasteiger partial charge in [0.15, 0.2) is 5.16 Å². The fourth-order valence-electron chi connectivity index (χ4n) is 1.72. The molecular weight excluding hydrogens is 260 g/mol. The zero-order chi connectivity index (χ0) is 13.2. The van der Waals surface area contributed by atoms with E-state index in [-0.39, 0.29) is 0 Å². The Hall–Kier alpha value is -2.12. The van der Waals surface area contributed by atoms with Crippen molar-refractivity contribution in [2.45, 2.75) is 17.1 Å². The van der Waals surface area contributed by atoms with Crippen molar-refractivity contribution in [3.63, 3.8) is 0 Å². The Bertz CT molecular complexity index is 723. The number of nitrogens with one attached hydrogen (secondary N) is 2. The first kappa shape index (κ1) is 11.9. The van der Waals surface area contributed by atoms with Crippen LogP contribution >= 0.6 is 11.8 Å². The van der Waals surface area contributed by atoms with Crippen LogP contribution in [0, 0.1) is 6.92 Å². The summed E-state index contributed by atoms with van der Waals surface area (Å²) in [6.45, 7) is 2.05. The van der Waals surface area contributed by atoms with E-state index in [9.17, 15) is 0 Å². The molecule has 0 fully saturated rings. The number of hydrazine groups is 1. The van der Waals surface area contributed by atoms with Crippen molar-refractivity contribution in [1.82, 2.24) is 19.9 Å². The van der Waals surface area contributed by atoms with Crippen molar-refractivity contribution < 1.29 is 0 Å². The second kappa shape index (κ2) is 4.87. The first-order valence-corrected chi connectivity index (χ1v) is 6.50. The number of aryl methyl sites for hydroxylation is 1. The molecule has 0 bridgehead atoms. The molecule has 3 aromatic rings. The van der Waals surface area contributed by atoms with Crippen LogP contribution in [0.2, 0.25) is 0 Å². The highest BCUT2D eigenvalue weighted by atomic mass is 32.2. The third kappa shape index (κ3) is 2.51. The number of benzene rings is 1. The van der Waals surface area contributed by atoms with Crippen LogP contribution in [0.1, 0.15) is 5.56 Å². The molecule has 0 amide bonds. The van der Waals surface area contributed by atoms with Crippen LogP contribution in [0.4, 0.5) is 5.95 Å². The maximum atomic E-state index is 5.28. The number of nitrogen functional groups attached to an aromatic ring is 1. The number of rotatable bonds is 3. The molecule has 0 radical (unpaired) electrons. The van der Waals surface area contributed by atoms with Gasteiger partial charge in [-0.2, -0.15) is 0 Å². The number of imidazole rings is 1. The lowest BCUT2D eigenvalue weighted by atomic mass is 10.2. The van der Waals surface area contributed by atoms with Gasteiger partial charge < -0.3 is 4.98 Å². The minimum absolute atomic E-state index is 0.386. The van der Waals surface area contributed by atoms with E-state index in [1.165, 1.54) is 17.3 Å². The molecule has 96 valence electrons. The molecule has 6 nitrogen and oxygen atoms in total. The number of fused-ring (bicyclic) bond motifs is 1. The van der Waals surface area contributed by atoms with Crippen LogP contribution in [0.3, 0.4) is 0 Å². The van der Waals surface area contributed by atoms with E-state index < -0.39 is 0 Å². The zero-order valence-electron chi connectivity index (χ0n) is 10.2. The van der Waals surface area contributed by atoms with Gasteiger partial charge in [0, 0.05) is 6.20 Å². The molecule has 1 aromatic carbocycles. The molecule has 4 N–H and O–H groups in total. The second-order valence-corrected chi connectivity index (χ2v) is 5.04. The molecule has 0 atom stereocenters. The quantitative estimate of drug-likeness (QED) is 0.384. The number of H-pyrrole nitrogens is 1. The number of hydrogen-bond donors (Lipinski definition) is 3. The number of aromatic amines is 1. The SMILES string of the molecule is Cc1ccc2nc(Sc3ccnc(NN)n3)[nH]c2c1. The van der Waals surface area contributed by atoms with E-state index in [0.717, 1.165) is 21.2 Å². The Balaban J connectivity index is 1.92. The summed E-state index contributed by atoms with van der Waals surface area (Å²) >= 11 is 1.44. The van der Waals surface area contributed by atoms with Crippen molar-refractivity contribution in [2.75, 3.05) is 5.43 Å². The van der Waals surface area contributed by atoms with Crippen molar-refractivity contribution >= 4 is 28.7 Å². The monoisotopic (exact) mass is 272 g/mol. The minimum atomic E-state index is 0.386. The first-order valence-electron chi connectivity index (χ1n) is 5.68. The lowest BCUT2D eigenvalue weighted by Crippen LogP contribution is -2.10. The summed E-state index contributed by atoms with van der Waals surface area (Å²) in [4.78, 5) is 16.0. The normalized spacial score (nSPS) is 10.8. The van der Waals surface area contributed by atoms with Crippen LogP contribution in [0.15, 0.2) is 40.6 Å². The number of hydrogen-bond acceptors (Lipinski definition) is 6. The van der Waals surface area contributed by atoms with Crippen molar-refractivity contribution in [2.24, 2.45) is 5.84 Å². The molecule has 19 heavy (non-hydrogen) atoms. The van der Waals surface area contributed by atoms with Crippen molar-refractivity contribution in [1.29, 1.82) is 0 Å². The summed E-state index contributed by atoms with van der Waals surface area (Å²) in [7, 11) is 0. The fraction of sp³-hybridized carbons (Fsp3) is 0.0833. The van der Waals surface area contributed by atoms with E-state index in [0.29, 0.717) is 5.95 Å². The average molecular weight is 272 g/mol. The molecular formula is C12H12N6S. The number of anilines is 1. The molecule has 2 heterocycles. The highest BCUT2D eigenvalue weighted by Crippen LogP contribution is 2.26. The van der Waals surface area contributed by atoms with Crippen LogP contribution in [0.5, 0.6) is 0 Å². The second-order valence-electron chi connectivity index (χ2n) is 4.03. The minimum Gasteiger partial charge on any atom is -0.333 e. The lowest BCUT2D eigenvalue weighted by molar-refractivity contribution is 1.01. The lowest BCUT2D eigenvalue weighted by Gasteiger charge is -1.99. The highest BCUT2D eigenvalue weighted by Gasteiger charge is 2.06. The number of nitrogens with two attached hydrogens (primary N) is 1. The average Bonchev–Trinajstić information content (AvgIpc) is 2.80. The van der Waals surface area contributed by atoms with Gasteiger partial charge in [0.25, 0.3) is 0 Å². The van der Waals surface area contributed by atoms with Gasteiger partial charge in [0.1, 0.15) is 5.03 Å². The maximum Gasteiger partial charge on any atom is 0.238 e. The Morgan fingerprint density at radius 2 is 2.16 bits per heavy atom. The Morgan fingerprint density at radius 1 is 1.26 bits per heavy atom. The third-order valence-corrected chi connectivity index (χ3v) is 3.40. The largest absolute Gasteiger partial charge is 0.333 e. The molecule has 0 saturated heterocycles. The molecule has 0 unspecified atom stereocenters. The van der Waals surface area contributed by atoms with E-state index in [4.69, 9.17) is 5.84 Å². The summed E-state index contributed by atoms with van der Waals surface area (Å²) in [5.41, 5.74) is 5.59. The standard InChI is InChI=1S/C12H12N6S/c1-7-2-3-8-9(6-7)16-12(15-8)19-10-4-5-14-11(17-10)18-13/h2-6H,13H2,1H3,(H,15,16)(H,14,17,18). The van der Waals surface area contributed by atoms with Gasteiger partial charge in [0.2, 0.25) is 5.95 Å². The van der Waals surface area contributed by atoms with Crippen LogP contribution in [0.25, 0.3) is 11.0 Å². The van der Waals surface area contributed by atoms with E-state index in [2.05, 4.69) is 38.4 Å². The summed E-state index contributed by atoms with van der Waals surface area (Å²) in [6, 6.07) is 7.92. The summed E-state index contributed by atoms with van der Waals surface area (Å²) in [5, 5.41) is 1.57. The third-order valence-electron chi connectivity index (χ3n) is 2.58.